The zero-order valence-electron chi connectivity index (χ0n) is 19.4. The van der Waals surface area contributed by atoms with Crippen molar-refractivity contribution in [1.82, 2.24) is 19.2 Å². The summed E-state index contributed by atoms with van der Waals surface area (Å²) in [6, 6.07) is 13.4. The van der Waals surface area contributed by atoms with E-state index in [4.69, 9.17) is 4.74 Å². The van der Waals surface area contributed by atoms with Crippen LogP contribution in [0.5, 0.6) is 5.75 Å². The highest BCUT2D eigenvalue weighted by Gasteiger charge is 2.24. The van der Waals surface area contributed by atoms with Crippen LogP contribution in [0, 0.1) is 0 Å². The van der Waals surface area contributed by atoms with Crippen molar-refractivity contribution in [3.8, 4) is 5.75 Å². The Bertz CT molecular complexity index is 1430. The molecule has 2 aromatic heterocycles. The summed E-state index contributed by atoms with van der Waals surface area (Å²) in [6.45, 7) is 3.37. The minimum absolute atomic E-state index is 0.0245. The largest absolute Gasteiger partial charge is 0.497 e. The molecule has 34 heavy (non-hydrogen) atoms. The van der Waals surface area contributed by atoms with Gasteiger partial charge in [0.1, 0.15) is 5.75 Å². The number of nitrogens with zero attached hydrogens (tertiary/aromatic N) is 5. The number of hydrogen-bond acceptors (Lipinski definition) is 6. The maximum absolute atomic E-state index is 13.2. The molecule has 1 amide bonds. The summed E-state index contributed by atoms with van der Waals surface area (Å²) in [7, 11) is 1.65. The number of carbonyl (C=O) groups is 1. The highest BCUT2D eigenvalue weighted by Crippen LogP contribution is 2.31. The monoisotopic (exact) mass is 477 g/mol. The van der Waals surface area contributed by atoms with Gasteiger partial charge in [-0.05, 0) is 55.2 Å². The lowest BCUT2D eigenvalue weighted by Gasteiger charge is -2.29. The molecule has 0 atom stereocenters. The molecule has 2 aromatic carbocycles. The molecule has 3 heterocycles. The van der Waals surface area contributed by atoms with Crippen LogP contribution >= 0.6 is 11.8 Å². The van der Waals surface area contributed by atoms with E-state index in [1.165, 1.54) is 11.8 Å². The van der Waals surface area contributed by atoms with Crippen LogP contribution in [-0.2, 0) is 17.8 Å². The first-order chi connectivity index (χ1) is 16.6. The zero-order chi connectivity index (χ0) is 23.7. The molecule has 0 saturated carbocycles. The van der Waals surface area contributed by atoms with E-state index >= 15 is 0 Å². The number of aromatic nitrogens is 4. The Morgan fingerprint density at radius 1 is 1.18 bits per heavy atom. The number of aryl methyl sites for hydroxylation is 2. The number of amides is 1. The Hall–Kier alpha value is -3.33. The number of carbonyl (C=O) groups excluding carboxylic acids is 1. The van der Waals surface area contributed by atoms with Gasteiger partial charge in [-0.25, -0.2) is 0 Å². The Morgan fingerprint density at radius 2 is 2.03 bits per heavy atom. The second-order valence-corrected chi connectivity index (χ2v) is 9.32. The Morgan fingerprint density at radius 3 is 2.85 bits per heavy atom. The summed E-state index contributed by atoms with van der Waals surface area (Å²) in [4.78, 5) is 28.2. The summed E-state index contributed by atoms with van der Waals surface area (Å²) in [5.41, 5.74) is 2.77. The molecule has 0 aliphatic carbocycles. The molecule has 0 N–H and O–H groups in total. The number of hydrogen-bond donors (Lipinski definition) is 0. The molecule has 5 rings (SSSR count). The van der Waals surface area contributed by atoms with Crippen molar-refractivity contribution >= 4 is 40.0 Å². The molecular formula is C25H27N5O3S. The fourth-order valence-corrected chi connectivity index (χ4v) is 5.32. The molecule has 0 bridgehead atoms. The Labute approximate surface area is 201 Å². The van der Waals surface area contributed by atoms with E-state index in [1.54, 1.807) is 11.7 Å². The second-order valence-electron chi connectivity index (χ2n) is 8.38. The lowest BCUT2D eigenvalue weighted by Crippen LogP contribution is -2.36. The van der Waals surface area contributed by atoms with Crippen molar-refractivity contribution in [2.75, 3.05) is 24.3 Å². The number of fused-ring (bicyclic) bond motifs is 4. The molecule has 0 saturated heterocycles. The highest BCUT2D eigenvalue weighted by atomic mass is 32.2. The first kappa shape index (κ1) is 22.5. The topological polar surface area (TPSA) is 81.7 Å². The highest BCUT2D eigenvalue weighted by molar-refractivity contribution is 7.99. The van der Waals surface area contributed by atoms with Crippen molar-refractivity contribution in [3.63, 3.8) is 0 Å². The maximum Gasteiger partial charge on any atom is 0.262 e. The standard InChI is InChI=1S/C25H27N5O3S/c1-3-4-13-29-23(32)19-9-5-6-10-21(19)30-24(29)26-27-25(30)34-16-22(31)28-14-7-8-17-15-18(33-2)11-12-20(17)28/h5-6,9-12,15H,3-4,7-8,13-14,16H2,1-2H3. The fraction of sp³-hybridized carbons (Fsp3) is 0.360. The number of rotatable bonds is 7. The summed E-state index contributed by atoms with van der Waals surface area (Å²) >= 11 is 1.35. The third-order valence-corrected chi connectivity index (χ3v) is 7.16. The average molecular weight is 478 g/mol. The Kier molecular flexibility index (Phi) is 6.28. The van der Waals surface area contributed by atoms with E-state index in [0.717, 1.165) is 48.2 Å². The van der Waals surface area contributed by atoms with E-state index in [1.807, 2.05) is 51.8 Å². The second kappa shape index (κ2) is 9.50. The molecule has 9 heteroatoms. The predicted octanol–water partition coefficient (Wildman–Crippen LogP) is 3.92. The van der Waals surface area contributed by atoms with Crippen molar-refractivity contribution in [2.24, 2.45) is 0 Å². The molecule has 1 aliphatic heterocycles. The summed E-state index contributed by atoms with van der Waals surface area (Å²) < 4.78 is 8.94. The van der Waals surface area contributed by atoms with Crippen LogP contribution in [0.15, 0.2) is 52.4 Å². The van der Waals surface area contributed by atoms with E-state index < -0.39 is 0 Å². The average Bonchev–Trinajstić information content (AvgIpc) is 3.30. The van der Waals surface area contributed by atoms with Crippen molar-refractivity contribution in [2.45, 2.75) is 44.3 Å². The molecule has 8 nitrogen and oxygen atoms in total. The minimum atomic E-state index is -0.0584. The van der Waals surface area contributed by atoms with Gasteiger partial charge in [0.05, 0.1) is 23.8 Å². The van der Waals surface area contributed by atoms with E-state index in [0.29, 0.717) is 29.4 Å². The van der Waals surface area contributed by atoms with Gasteiger partial charge in [0.2, 0.25) is 11.7 Å². The van der Waals surface area contributed by atoms with Crippen molar-refractivity contribution < 1.29 is 9.53 Å². The van der Waals surface area contributed by atoms with Gasteiger partial charge in [0, 0.05) is 18.8 Å². The number of ether oxygens (including phenoxy) is 1. The van der Waals surface area contributed by atoms with Gasteiger partial charge < -0.3 is 9.64 Å². The van der Waals surface area contributed by atoms with E-state index in [2.05, 4.69) is 17.1 Å². The van der Waals surface area contributed by atoms with Gasteiger partial charge >= 0.3 is 0 Å². The lowest BCUT2D eigenvalue weighted by atomic mass is 10.0. The predicted molar refractivity (Wildman–Crippen MR) is 134 cm³/mol. The van der Waals surface area contributed by atoms with E-state index in [9.17, 15) is 9.59 Å². The van der Waals surface area contributed by atoms with E-state index in [-0.39, 0.29) is 17.2 Å². The minimum Gasteiger partial charge on any atom is -0.497 e. The van der Waals surface area contributed by atoms with Gasteiger partial charge in [-0.2, -0.15) is 0 Å². The molecule has 4 aromatic rings. The van der Waals surface area contributed by atoms with Gasteiger partial charge in [-0.15, -0.1) is 10.2 Å². The SMILES string of the molecule is CCCCn1c(=O)c2ccccc2n2c(SCC(=O)N3CCCc4cc(OC)ccc43)nnc12. The third kappa shape index (κ3) is 3.94. The molecule has 0 radical (unpaired) electrons. The molecule has 0 unspecified atom stereocenters. The normalized spacial score (nSPS) is 13.4. The van der Waals surface area contributed by atoms with Crippen molar-refractivity contribution in [3.05, 3.63) is 58.4 Å². The summed E-state index contributed by atoms with van der Waals surface area (Å²) in [5, 5.41) is 9.94. The maximum atomic E-state index is 13.2. The number of thioether (sulfide) groups is 1. The zero-order valence-corrected chi connectivity index (χ0v) is 20.2. The summed E-state index contributed by atoms with van der Waals surface area (Å²) in [6.07, 6.45) is 3.69. The Balaban J connectivity index is 1.46. The molecule has 176 valence electrons. The van der Waals surface area contributed by atoms with Gasteiger partial charge in [-0.3, -0.25) is 18.6 Å². The smallest absolute Gasteiger partial charge is 0.262 e. The van der Waals surface area contributed by atoms with Crippen LogP contribution in [0.3, 0.4) is 0 Å². The third-order valence-electron chi connectivity index (χ3n) is 6.24. The molecule has 0 fully saturated rings. The number of benzene rings is 2. The summed E-state index contributed by atoms with van der Waals surface area (Å²) in [5.74, 6) is 1.58. The quantitative estimate of drug-likeness (QED) is 0.375. The lowest BCUT2D eigenvalue weighted by molar-refractivity contribution is -0.116. The van der Waals surface area contributed by atoms with Crippen LogP contribution < -0.4 is 15.2 Å². The van der Waals surface area contributed by atoms with Crippen LogP contribution in [-0.4, -0.2) is 44.5 Å². The van der Waals surface area contributed by atoms with Crippen LogP contribution in [0.1, 0.15) is 31.7 Å². The fourth-order valence-electron chi connectivity index (χ4n) is 4.51. The van der Waals surface area contributed by atoms with Gasteiger partial charge in [0.15, 0.2) is 5.16 Å². The molecular weight excluding hydrogens is 450 g/mol. The number of methoxy groups -OCH3 is 1. The number of para-hydroxylation sites is 1. The number of unbranched alkanes of at least 4 members (excludes halogenated alkanes) is 1. The molecule has 0 spiro atoms. The van der Waals surface area contributed by atoms with Gasteiger partial charge in [0.25, 0.3) is 5.56 Å². The van der Waals surface area contributed by atoms with Crippen LogP contribution in [0.4, 0.5) is 5.69 Å². The molecule has 1 aliphatic rings. The van der Waals surface area contributed by atoms with Crippen LogP contribution in [0.25, 0.3) is 16.7 Å². The van der Waals surface area contributed by atoms with Gasteiger partial charge in [-0.1, -0.05) is 37.2 Å². The van der Waals surface area contributed by atoms with Crippen molar-refractivity contribution in [1.29, 1.82) is 0 Å². The number of anilines is 1. The van der Waals surface area contributed by atoms with Crippen LogP contribution in [0.2, 0.25) is 0 Å². The first-order valence-corrected chi connectivity index (χ1v) is 12.6. The first-order valence-electron chi connectivity index (χ1n) is 11.6.